The van der Waals surface area contributed by atoms with E-state index in [4.69, 9.17) is 14.6 Å². The third kappa shape index (κ3) is 3.34. The van der Waals surface area contributed by atoms with Crippen molar-refractivity contribution in [2.45, 2.75) is 39.4 Å². The van der Waals surface area contributed by atoms with Crippen LogP contribution in [-0.2, 0) is 11.4 Å². The first-order valence-electron chi connectivity index (χ1n) is 7.61. The molecule has 0 aromatic heterocycles. The zero-order chi connectivity index (χ0) is 16.1. The van der Waals surface area contributed by atoms with Crippen molar-refractivity contribution in [1.29, 1.82) is 0 Å². The lowest BCUT2D eigenvalue weighted by molar-refractivity contribution is -0.125. The van der Waals surface area contributed by atoms with Crippen molar-refractivity contribution in [3.8, 4) is 11.5 Å². The molecule has 1 heterocycles. The number of amides is 1. The number of hydrogen-bond acceptors (Lipinski definition) is 5. The Hall–Kier alpha value is -1.79. The maximum absolute atomic E-state index is 12.3. The lowest BCUT2D eigenvalue weighted by atomic mass is 10.1. The van der Waals surface area contributed by atoms with Gasteiger partial charge in [0.25, 0.3) is 5.91 Å². The fraction of sp³-hybridized carbons (Fsp3) is 0.562. The van der Waals surface area contributed by atoms with Crippen LogP contribution in [0.2, 0.25) is 0 Å². The van der Waals surface area contributed by atoms with Gasteiger partial charge in [-0.3, -0.25) is 4.79 Å². The molecule has 1 amide bonds. The van der Waals surface area contributed by atoms with E-state index in [-0.39, 0.29) is 19.1 Å². The fourth-order valence-electron chi connectivity index (χ4n) is 2.40. The molecule has 2 rings (SSSR count). The van der Waals surface area contributed by atoms with E-state index in [1.54, 1.807) is 24.0 Å². The average molecular weight is 309 g/mol. The Bertz CT molecular complexity index is 532. The van der Waals surface area contributed by atoms with Gasteiger partial charge in [0.2, 0.25) is 0 Å². The van der Waals surface area contributed by atoms with Crippen LogP contribution in [0.5, 0.6) is 11.5 Å². The molecule has 6 nitrogen and oxygen atoms in total. The van der Waals surface area contributed by atoms with Gasteiger partial charge in [-0.1, -0.05) is 6.92 Å². The summed E-state index contributed by atoms with van der Waals surface area (Å²) in [5.74, 6) is 0.907. The van der Waals surface area contributed by atoms with E-state index in [2.05, 4.69) is 0 Å². The number of carbonyl (C=O) groups is 1. The minimum absolute atomic E-state index is 0.00718. The van der Waals surface area contributed by atoms with Crippen molar-refractivity contribution in [1.82, 2.24) is 0 Å². The van der Waals surface area contributed by atoms with Gasteiger partial charge in [0.1, 0.15) is 0 Å². The molecule has 0 saturated heterocycles. The second-order valence-electron chi connectivity index (χ2n) is 5.28. The number of ether oxygens (including phenoxy) is 2. The molecule has 1 aromatic rings. The third-order valence-corrected chi connectivity index (χ3v) is 3.48. The molecule has 0 fully saturated rings. The lowest BCUT2D eigenvalue weighted by Crippen LogP contribution is -2.45. The molecule has 1 atom stereocenters. The van der Waals surface area contributed by atoms with Crippen molar-refractivity contribution >= 4 is 11.6 Å². The van der Waals surface area contributed by atoms with Crippen LogP contribution in [0.4, 0.5) is 5.69 Å². The SMILES string of the molecule is CCCOc1cc(CO)cc2c1OC(C)C(=O)N2CCCO. The number of fused-ring (bicyclic) bond motifs is 1. The summed E-state index contributed by atoms with van der Waals surface area (Å²) in [6.07, 6.45) is 0.725. The summed E-state index contributed by atoms with van der Waals surface area (Å²) in [5.41, 5.74) is 1.25. The quantitative estimate of drug-likeness (QED) is 0.797. The number of benzene rings is 1. The molecule has 1 unspecified atom stereocenters. The first kappa shape index (κ1) is 16.6. The van der Waals surface area contributed by atoms with Crippen molar-refractivity contribution in [2.24, 2.45) is 0 Å². The van der Waals surface area contributed by atoms with Crippen molar-refractivity contribution in [3.05, 3.63) is 17.7 Å². The molecule has 0 aliphatic carbocycles. The molecule has 22 heavy (non-hydrogen) atoms. The van der Waals surface area contributed by atoms with Crippen molar-refractivity contribution in [2.75, 3.05) is 24.7 Å². The second-order valence-corrected chi connectivity index (χ2v) is 5.28. The predicted octanol–water partition coefficient (Wildman–Crippen LogP) is 1.46. The van der Waals surface area contributed by atoms with E-state index in [1.165, 1.54) is 0 Å². The number of carbonyl (C=O) groups excluding carboxylic acids is 1. The Morgan fingerprint density at radius 2 is 2.14 bits per heavy atom. The van der Waals surface area contributed by atoms with Crippen LogP contribution in [0.25, 0.3) is 0 Å². The molecule has 122 valence electrons. The zero-order valence-electron chi connectivity index (χ0n) is 13.0. The molecule has 0 radical (unpaired) electrons. The third-order valence-electron chi connectivity index (χ3n) is 3.48. The van der Waals surface area contributed by atoms with Gasteiger partial charge in [-0.25, -0.2) is 0 Å². The fourth-order valence-corrected chi connectivity index (χ4v) is 2.40. The Labute approximate surface area is 130 Å². The second kappa shape index (κ2) is 7.47. The zero-order valence-corrected chi connectivity index (χ0v) is 13.0. The Balaban J connectivity index is 2.45. The van der Waals surface area contributed by atoms with Crippen LogP contribution in [-0.4, -0.2) is 42.0 Å². The topological polar surface area (TPSA) is 79.2 Å². The standard InChI is InChI=1S/C16H23NO5/c1-3-7-21-14-9-12(10-19)8-13-15(14)22-11(2)16(20)17(13)5-4-6-18/h8-9,11,18-19H,3-7,10H2,1-2H3. The molecule has 0 saturated carbocycles. The molecule has 2 N–H and O–H groups in total. The molecular weight excluding hydrogens is 286 g/mol. The molecular formula is C16H23NO5. The van der Waals surface area contributed by atoms with Crippen LogP contribution < -0.4 is 14.4 Å². The van der Waals surface area contributed by atoms with Gasteiger partial charge in [0.05, 0.1) is 18.9 Å². The van der Waals surface area contributed by atoms with Gasteiger partial charge in [-0.15, -0.1) is 0 Å². The van der Waals surface area contributed by atoms with Crippen LogP contribution >= 0.6 is 0 Å². The highest BCUT2D eigenvalue weighted by Gasteiger charge is 2.33. The van der Waals surface area contributed by atoms with E-state index in [0.29, 0.717) is 42.3 Å². The number of aliphatic hydroxyl groups excluding tert-OH is 2. The van der Waals surface area contributed by atoms with Crippen LogP contribution in [0.1, 0.15) is 32.3 Å². The van der Waals surface area contributed by atoms with E-state index in [1.807, 2.05) is 6.92 Å². The maximum atomic E-state index is 12.3. The molecule has 0 spiro atoms. The van der Waals surface area contributed by atoms with Gasteiger partial charge >= 0.3 is 0 Å². The molecule has 1 aliphatic heterocycles. The Morgan fingerprint density at radius 3 is 2.77 bits per heavy atom. The summed E-state index contributed by atoms with van der Waals surface area (Å²) in [7, 11) is 0. The highest BCUT2D eigenvalue weighted by molar-refractivity contribution is 6.00. The summed E-state index contributed by atoms with van der Waals surface area (Å²) in [6.45, 7) is 4.49. The van der Waals surface area contributed by atoms with Crippen LogP contribution in [0, 0.1) is 0 Å². The number of hydrogen-bond donors (Lipinski definition) is 2. The molecule has 6 heteroatoms. The minimum atomic E-state index is -0.602. The van der Waals surface area contributed by atoms with E-state index in [0.717, 1.165) is 6.42 Å². The number of nitrogens with zero attached hydrogens (tertiary/aromatic N) is 1. The minimum Gasteiger partial charge on any atom is -0.490 e. The molecule has 1 aromatic carbocycles. The average Bonchev–Trinajstić information content (AvgIpc) is 2.53. The summed E-state index contributed by atoms with van der Waals surface area (Å²) < 4.78 is 11.4. The maximum Gasteiger partial charge on any atom is 0.267 e. The van der Waals surface area contributed by atoms with Gasteiger partial charge in [0, 0.05) is 13.2 Å². The lowest BCUT2D eigenvalue weighted by Gasteiger charge is -2.34. The van der Waals surface area contributed by atoms with E-state index in [9.17, 15) is 9.90 Å². The molecule has 0 bridgehead atoms. The smallest absolute Gasteiger partial charge is 0.267 e. The van der Waals surface area contributed by atoms with E-state index >= 15 is 0 Å². The summed E-state index contributed by atoms with van der Waals surface area (Å²) in [5, 5.41) is 18.5. The summed E-state index contributed by atoms with van der Waals surface area (Å²) >= 11 is 0. The normalized spacial score (nSPS) is 17.2. The highest BCUT2D eigenvalue weighted by atomic mass is 16.5. The number of rotatable bonds is 7. The van der Waals surface area contributed by atoms with Crippen molar-refractivity contribution < 1.29 is 24.5 Å². The highest BCUT2D eigenvalue weighted by Crippen LogP contribution is 2.43. The number of anilines is 1. The van der Waals surface area contributed by atoms with E-state index < -0.39 is 6.10 Å². The number of aliphatic hydroxyl groups is 2. The Morgan fingerprint density at radius 1 is 1.36 bits per heavy atom. The monoisotopic (exact) mass is 309 g/mol. The van der Waals surface area contributed by atoms with Crippen LogP contribution in [0.3, 0.4) is 0 Å². The van der Waals surface area contributed by atoms with Gasteiger partial charge < -0.3 is 24.6 Å². The summed E-state index contributed by atoms with van der Waals surface area (Å²) in [4.78, 5) is 13.9. The first-order chi connectivity index (χ1) is 10.6. The van der Waals surface area contributed by atoms with Crippen molar-refractivity contribution in [3.63, 3.8) is 0 Å². The molecule has 1 aliphatic rings. The predicted molar refractivity (Wildman–Crippen MR) is 82.3 cm³/mol. The van der Waals surface area contributed by atoms with Gasteiger partial charge in [-0.05, 0) is 37.5 Å². The first-order valence-corrected chi connectivity index (χ1v) is 7.61. The Kier molecular flexibility index (Phi) is 5.63. The van der Waals surface area contributed by atoms with Crippen LogP contribution in [0.15, 0.2) is 12.1 Å². The summed E-state index contributed by atoms with van der Waals surface area (Å²) in [6, 6.07) is 3.47. The van der Waals surface area contributed by atoms with Gasteiger partial charge in [0.15, 0.2) is 17.6 Å². The largest absolute Gasteiger partial charge is 0.490 e. The van der Waals surface area contributed by atoms with Gasteiger partial charge in [-0.2, -0.15) is 0 Å².